The molecule has 31 heavy (non-hydrogen) atoms. The van der Waals surface area contributed by atoms with Crippen molar-refractivity contribution >= 4 is 21.6 Å². The zero-order valence-corrected chi connectivity index (χ0v) is 18.6. The van der Waals surface area contributed by atoms with Crippen LogP contribution in [0, 0.1) is 6.92 Å². The highest BCUT2D eigenvalue weighted by atomic mass is 32.2. The van der Waals surface area contributed by atoms with E-state index in [0.29, 0.717) is 17.0 Å². The van der Waals surface area contributed by atoms with E-state index < -0.39 is 16.1 Å². The molecule has 0 radical (unpaired) electrons. The smallest absolute Gasteiger partial charge is 0.243 e. The van der Waals surface area contributed by atoms with Gasteiger partial charge in [0.2, 0.25) is 15.9 Å². The molecule has 7 heteroatoms. The SMILES string of the molecule is COc1ccc([C@@H](CC(=O)Nc2ccccc2C)N(C)S(=O)(=O)c2ccccc2)cc1. The van der Waals surface area contributed by atoms with Crippen LogP contribution < -0.4 is 10.1 Å². The molecular formula is C24H26N2O4S. The maximum Gasteiger partial charge on any atom is 0.243 e. The summed E-state index contributed by atoms with van der Waals surface area (Å²) in [7, 11) is -0.745. The Morgan fingerprint density at radius 1 is 0.968 bits per heavy atom. The fourth-order valence-corrected chi connectivity index (χ4v) is 4.66. The second-order valence-corrected chi connectivity index (χ2v) is 9.19. The number of nitrogens with one attached hydrogen (secondary N) is 1. The lowest BCUT2D eigenvalue weighted by atomic mass is 10.0. The van der Waals surface area contributed by atoms with Gasteiger partial charge in [-0.05, 0) is 48.4 Å². The van der Waals surface area contributed by atoms with Crippen molar-refractivity contribution in [1.82, 2.24) is 4.31 Å². The van der Waals surface area contributed by atoms with E-state index in [1.165, 1.54) is 11.4 Å². The van der Waals surface area contributed by atoms with Crippen molar-refractivity contribution in [2.45, 2.75) is 24.3 Å². The monoisotopic (exact) mass is 438 g/mol. The summed E-state index contributed by atoms with van der Waals surface area (Å²) in [6.07, 6.45) is -0.0385. The second kappa shape index (κ2) is 9.76. The number of methoxy groups -OCH3 is 1. The van der Waals surface area contributed by atoms with Gasteiger partial charge in [0.15, 0.2) is 0 Å². The fraction of sp³-hybridized carbons (Fsp3) is 0.208. The van der Waals surface area contributed by atoms with Gasteiger partial charge in [-0.3, -0.25) is 4.79 Å². The van der Waals surface area contributed by atoms with E-state index in [1.54, 1.807) is 61.7 Å². The standard InChI is InChI=1S/C24H26N2O4S/c1-18-9-7-8-12-22(18)25-24(27)17-23(19-13-15-20(30-3)16-14-19)26(2)31(28,29)21-10-5-4-6-11-21/h4-16,23H,17H2,1-3H3,(H,25,27)/t23-/m1/s1. The summed E-state index contributed by atoms with van der Waals surface area (Å²) >= 11 is 0. The van der Waals surface area contributed by atoms with Crippen LogP contribution in [0.25, 0.3) is 0 Å². The van der Waals surface area contributed by atoms with Crippen molar-refractivity contribution in [3.63, 3.8) is 0 Å². The van der Waals surface area contributed by atoms with Crippen molar-refractivity contribution in [2.75, 3.05) is 19.5 Å². The van der Waals surface area contributed by atoms with Crippen LogP contribution in [0.5, 0.6) is 5.75 Å². The third kappa shape index (κ3) is 5.31. The number of para-hydroxylation sites is 1. The molecule has 0 aliphatic carbocycles. The summed E-state index contributed by atoms with van der Waals surface area (Å²) in [6.45, 7) is 1.91. The lowest BCUT2D eigenvalue weighted by Gasteiger charge is -2.28. The fourth-order valence-electron chi connectivity index (χ4n) is 3.30. The molecule has 6 nitrogen and oxygen atoms in total. The molecule has 0 saturated heterocycles. The molecule has 0 unspecified atom stereocenters. The van der Waals surface area contributed by atoms with E-state index in [-0.39, 0.29) is 17.2 Å². The van der Waals surface area contributed by atoms with Gasteiger partial charge in [0.1, 0.15) is 5.75 Å². The molecule has 1 atom stereocenters. The molecular weight excluding hydrogens is 412 g/mol. The van der Waals surface area contributed by atoms with Crippen LogP contribution >= 0.6 is 0 Å². The third-order valence-corrected chi connectivity index (χ3v) is 7.04. The van der Waals surface area contributed by atoms with Crippen LogP contribution in [0.2, 0.25) is 0 Å². The van der Waals surface area contributed by atoms with Gasteiger partial charge in [0.05, 0.1) is 18.0 Å². The Morgan fingerprint density at radius 3 is 2.19 bits per heavy atom. The molecule has 0 heterocycles. The average Bonchev–Trinajstić information content (AvgIpc) is 2.79. The number of nitrogens with zero attached hydrogens (tertiary/aromatic N) is 1. The van der Waals surface area contributed by atoms with Crippen molar-refractivity contribution in [1.29, 1.82) is 0 Å². The zero-order chi connectivity index (χ0) is 22.4. The van der Waals surface area contributed by atoms with E-state index in [0.717, 1.165) is 5.56 Å². The average molecular weight is 439 g/mol. The van der Waals surface area contributed by atoms with Gasteiger partial charge in [-0.25, -0.2) is 8.42 Å². The van der Waals surface area contributed by atoms with Crippen molar-refractivity contribution in [3.8, 4) is 5.75 Å². The minimum absolute atomic E-state index is 0.0385. The van der Waals surface area contributed by atoms with E-state index in [4.69, 9.17) is 4.74 Å². The summed E-state index contributed by atoms with van der Waals surface area (Å²) < 4.78 is 32.9. The van der Waals surface area contributed by atoms with Crippen LogP contribution in [0.15, 0.2) is 83.8 Å². The Balaban J connectivity index is 1.92. The van der Waals surface area contributed by atoms with Gasteiger partial charge in [-0.15, -0.1) is 0 Å². The molecule has 0 saturated carbocycles. The first-order valence-electron chi connectivity index (χ1n) is 9.85. The maximum absolute atomic E-state index is 13.2. The molecule has 0 bridgehead atoms. The predicted molar refractivity (Wildman–Crippen MR) is 122 cm³/mol. The van der Waals surface area contributed by atoms with Gasteiger partial charge >= 0.3 is 0 Å². The number of amides is 1. The Bertz CT molecular complexity index is 1130. The number of hydrogen-bond acceptors (Lipinski definition) is 4. The first-order chi connectivity index (χ1) is 14.8. The first-order valence-corrected chi connectivity index (χ1v) is 11.3. The summed E-state index contributed by atoms with van der Waals surface area (Å²) in [6, 6.07) is 22.0. The number of carbonyl (C=O) groups is 1. The summed E-state index contributed by atoms with van der Waals surface area (Å²) in [4.78, 5) is 13.1. The molecule has 1 amide bonds. The quantitative estimate of drug-likeness (QED) is 0.566. The number of ether oxygens (including phenoxy) is 1. The number of carbonyl (C=O) groups excluding carboxylic acids is 1. The van der Waals surface area contributed by atoms with Crippen molar-refractivity contribution in [3.05, 3.63) is 90.0 Å². The van der Waals surface area contributed by atoms with Crippen molar-refractivity contribution < 1.29 is 17.9 Å². The molecule has 0 spiro atoms. The van der Waals surface area contributed by atoms with Gasteiger partial charge in [-0.1, -0.05) is 48.5 Å². The highest BCUT2D eigenvalue weighted by Gasteiger charge is 2.31. The summed E-state index contributed by atoms with van der Waals surface area (Å²) in [5.41, 5.74) is 2.33. The normalized spacial score (nSPS) is 12.4. The molecule has 3 aromatic rings. The second-order valence-electron chi connectivity index (χ2n) is 7.19. The number of hydrogen-bond donors (Lipinski definition) is 1. The molecule has 3 aromatic carbocycles. The molecule has 0 aliphatic heterocycles. The first kappa shape index (κ1) is 22.5. The van der Waals surface area contributed by atoms with E-state index >= 15 is 0 Å². The predicted octanol–water partition coefficient (Wildman–Crippen LogP) is 4.39. The van der Waals surface area contributed by atoms with E-state index in [1.807, 2.05) is 31.2 Å². The van der Waals surface area contributed by atoms with Gasteiger partial charge in [0.25, 0.3) is 0 Å². The largest absolute Gasteiger partial charge is 0.497 e. The molecule has 1 N–H and O–H groups in total. The zero-order valence-electron chi connectivity index (χ0n) is 17.8. The Morgan fingerprint density at radius 2 is 1.58 bits per heavy atom. The van der Waals surface area contributed by atoms with Crippen molar-refractivity contribution in [2.24, 2.45) is 0 Å². The third-order valence-electron chi connectivity index (χ3n) is 5.16. The minimum Gasteiger partial charge on any atom is -0.497 e. The van der Waals surface area contributed by atoms with E-state index in [2.05, 4.69) is 5.32 Å². The summed E-state index contributed by atoms with van der Waals surface area (Å²) in [5, 5.41) is 2.89. The number of rotatable bonds is 8. The Kier molecular flexibility index (Phi) is 7.09. The maximum atomic E-state index is 13.2. The molecule has 162 valence electrons. The van der Waals surface area contributed by atoms with Crippen LogP contribution in [0.4, 0.5) is 5.69 Å². The minimum atomic E-state index is -3.81. The highest BCUT2D eigenvalue weighted by Crippen LogP contribution is 2.30. The number of benzene rings is 3. The molecule has 0 aromatic heterocycles. The Labute approximate surface area is 183 Å². The number of anilines is 1. The summed E-state index contributed by atoms with van der Waals surface area (Å²) in [5.74, 6) is 0.380. The van der Waals surface area contributed by atoms with Gasteiger partial charge in [0, 0.05) is 19.2 Å². The Hall–Kier alpha value is -3.16. The highest BCUT2D eigenvalue weighted by molar-refractivity contribution is 7.89. The molecule has 3 rings (SSSR count). The van der Waals surface area contributed by atoms with Crippen LogP contribution in [0.3, 0.4) is 0 Å². The molecule has 0 aliphatic rings. The molecule has 0 fully saturated rings. The van der Waals surface area contributed by atoms with Gasteiger partial charge < -0.3 is 10.1 Å². The number of aryl methyl sites for hydroxylation is 1. The number of sulfonamides is 1. The van der Waals surface area contributed by atoms with Gasteiger partial charge in [-0.2, -0.15) is 4.31 Å². The van der Waals surface area contributed by atoms with Crippen LogP contribution in [0.1, 0.15) is 23.6 Å². The lowest BCUT2D eigenvalue weighted by molar-refractivity contribution is -0.117. The van der Waals surface area contributed by atoms with Crippen LogP contribution in [-0.2, 0) is 14.8 Å². The van der Waals surface area contributed by atoms with E-state index in [9.17, 15) is 13.2 Å². The van der Waals surface area contributed by atoms with Crippen LogP contribution in [-0.4, -0.2) is 32.8 Å². The lowest BCUT2D eigenvalue weighted by Crippen LogP contribution is -2.33. The topological polar surface area (TPSA) is 75.7 Å².